The summed E-state index contributed by atoms with van der Waals surface area (Å²) in [6.07, 6.45) is 1.94. The van der Waals surface area contributed by atoms with Gasteiger partial charge in [0.1, 0.15) is 11.4 Å². The molecular weight excluding hydrogens is 224 g/mol. The van der Waals surface area contributed by atoms with Gasteiger partial charge in [-0.1, -0.05) is 11.2 Å². The molecule has 0 saturated carbocycles. The highest BCUT2D eigenvalue weighted by Gasteiger charge is 2.15. The lowest BCUT2D eigenvalue weighted by Crippen LogP contribution is -1.86. The van der Waals surface area contributed by atoms with E-state index in [-0.39, 0.29) is 11.6 Å². The maximum absolute atomic E-state index is 10.0. The van der Waals surface area contributed by atoms with Crippen molar-refractivity contribution < 1.29 is 9.63 Å². The van der Waals surface area contributed by atoms with Crippen molar-refractivity contribution in [1.29, 1.82) is 0 Å². The lowest BCUT2D eigenvalue weighted by atomic mass is 10.1. The van der Waals surface area contributed by atoms with Crippen molar-refractivity contribution in [1.82, 2.24) is 5.16 Å². The predicted molar refractivity (Wildman–Crippen MR) is 64.5 cm³/mol. The van der Waals surface area contributed by atoms with Gasteiger partial charge >= 0.3 is 0 Å². The van der Waals surface area contributed by atoms with E-state index >= 15 is 0 Å². The van der Waals surface area contributed by atoms with E-state index in [2.05, 4.69) is 5.16 Å². The second-order valence-electron chi connectivity index (χ2n) is 3.42. The largest absolute Gasteiger partial charge is 0.507 e. The van der Waals surface area contributed by atoms with Gasteiger partial charge in [-0.15, -0.1) is 11.8 Å². The molecule has 0 unspecified atom stereocenters. The van der Waals surface area contributed by atoms with Crippen molar-refractivity contribution in [3.05, 3.63) is 23.8 Å². The van der Waals surface area contributed by atoms with Gasteiger partial charge in [-0.3, -0.25) is 0 Å². The van der Waals surface area contributed by atoms with Gasteiger partial charge in [-0.05, 0) is 24.8 Å². The Morgan fingerprint density at radius 3 is 2.75 bits per heavy atom. The normalized spacial score (nSPS) is 10.6. The zero-order valence-corrected chi connectivity index (χ0v) is 9.84. The molecule has 1 aromatic heterocycles. The maximum Gasteiger partial charge on any atom is 0.222 e. The Bertz CT molecular complexity index is 523. The minimum Gasteiger partial charge on any atom is -0.507 e. The van der Waals surface area contributed by atoms with E-state index in [9.17, 15) is 5.11 Å². The fourth-order valence-corrected chi connectivity index (χ4v) is 2.11. The number of aryl methyl sites for hydroxylation is 1. The van der Waals surface area contributed by atoms with Gasteiger partial charge in [0.15, 0.2) is 0 Å². The number of aromatic nitrogens is 1. The second-order valence-corrected chi connectivity index (χ2v) is 4.27. The van der Waals surface area contributed by atoms with Crippen LogP contribution in [-0.2, 0) is 0 Å². The number of hydrogen-bond donors (Lipinski definition) is 2. The van der Waals surface area contributed by atoms with Gasteiger partial charge in [0, 0.05) is 11.0 Å². The van der Waals surface area contributed by atoms with Crippen molar-refractivity contribution in [2.45, 2.75) is 11.8 Å². The van der Waals surface area contributed by atoms with Crippen LogP contribution in [0, 0.1) is 6.92 Å². The molecule has 0 aliphatic rings. The summed E-state index contributed by atoms with van der Waals surface area (Å²) >= 11 is 1.54. The zero-order chi connectivity index (χ0) is 11.7. The molecule has 0 atom stereocenters. The minimum absolute atomic E-state index is 0.222. The number of benzene rings is 1. The van der Waals surface area contributed by atoms with Crippen LogP contribution in [0.1, 0.15) is 5.56 Å². The standard InChI is InChI=1S/C11H12N2O2S/c1-6-3-4-8(16-2)10(11(6)14)7-5-9(12)15-13-7/h3-5,14H,12H2,1-2H3. The van der Waals surface area contributed by atoms with Crippen molar-refractivity contribution in [3.63, 3.8) is 0 Å². The number of rotatable bonds is 2. The van der Waals surface area contributed by atoms with Crippen LogP contribution in [0.4, 0.5) is 5.88 Å². The number of nitrogens with zero attached hydrogens (tertiary/aromatic N) is 1. The number of nitrogen functional groups attached to an aromatic ring is 1. The molecule has 0 amide bonds. The summed E-state index contributed by atoms with van der Waals surface area (Å²) < 4.78 is 4.82. The number of aromatic hydroxyl groups is 1. The van der Waals surface area contributed by atoms with Crippen LogP contribution in [0.5, 0.6) is 5.75 Å². The Hall–Kier alpha value is -1.62. The number of nitrogens with two attached hydrogens (primary N) is 1. The first-order valence-electron chi connectivity index (χ1n) is 4.72. The number of phenolic OH excluding ortho intramolecular Hbond substituents is 1. The quantitative estimate of drug-likeness (QED) is 0.784. The first kappa shape index (κ1) is 10.9. The predicted octanol–water partition coefficient (Wildman–Crippen LogP) is 2.66. The van der Waals surface area contributed by atoms with E-state index in [1.54, 1.807) is 6.07 Å². The molecule has 0 saturated heterocycles. The average Bonchev–Trinajstić information content (AvgIpc) is 2.68. The SMILES string of the molecule is CSc1ccc(C)c(O)c1-c1cc(N)on1. The molecule has 84 valence electrons. The van der Waals surface area contributed by atoms with E-state index in [4.69, 9.17) is 10.3 Å². The first-order chi connectivity index (χ1) is 7.63. The topological polar surface area (TPSA) is 72.3 Å². The summed E-state index contributed by atoms with van der Waals surface area (Å²) in [4.78, 5) is 0.941. The minimum atomic E-state index is 0.222. The summed E-state index contributed by atoms with van der Waals surface area (Å²) in [6, 6.07) is 5.42. The summed E-state index contributed by atoms with van der Waals surface area (Å²) in [5, 5.41) is 13.9. The Labute approximate surface area is 97.4 Å². The Morgan fingerprint density at radius 1 is 1.44 bits per heavy atom. The Balaban J connectivity index is 2.66. The molecule has 0 spiro atoms. The van der Waals surface area contributed by atoms with Crippen molar-refractivity contribution in [2.75, 3.05) is 12.0 Å². The molecular formula is C11H12N2O2S. The number of thioether (sulfide) groups is 1. The third kappa shape index (κ3) is 1.74. The molecule has 0 bridgehead atoms. The number of phenols is 1. The average molecular weight is 236 g/mol. The Morgan fingerprint density at radius 2 is 2.19 bits per heavy atom. The van der Waals surface area contributed by atoms with Crippen LogP contribution < -0.4 is 5.73 Å². The van der Waals surface area contributed by atoms with Crippen molar-refractivity contribution in [2.24, 2.45) is 0 Å². The van der Waals surface area contributed by atoms with E-state index in [0.29, 0.717) is 11.3 Å². The molecule has 16 heavy (non-hydrogen) atoms. The molecule has 4 nitrogen and oxygen atoms in total. The molecule has 0 radical (unpaired) electrons. The third-order valence-electron chi connectivity index (χ3n) is 2.35. The van der Waals surface area contributed by atoms with Crippen LogP contribution in [0.2, 0.25) is 0 Å². The molecule has 5 heteroatoms. The molecule has 2 rings (SSSR count). The molecule has 0 aliphatic carbocycles. The fraction of sp³-hybridized carbons (Fsp3) is 0.182. The molecule has 0 fully saturated rings. The van der Waals surface area contributed by atoms with Gasteiger partial charge < -0.3 is 15.4 Å². The van der Waals surface area contributed by atoms with Crippen LogP contribution in [0.15, 0.2) is 27.6 Å². The summed E-state index contributed by atoms with van der Waals surface area (Å²) in [7, 11) is 0. The molecule has 1 aromatic carbocycles. The monoisotopic (exact) mass is 236 g/mol. The van der Waals surface area contributed by atoms with Crippen LogP contribution in [0.3, 0.4) is 0 Å². The van der Waals surface area contributed by atoms with Gasteiger partial charge in [0.05, 0.1) is 5.56 Å². The van der Waals surface area contributed by atoms with Gasteiger partial charge in [0.25, 0.3) is 0 Å². The number of anilines is 1. The van der Waals surface area contributed by atoms with Gasteiger partial charge in [-0.2, -0.15) is 0 Å². The molecule has 3 N–H and O–H groups in total. The molecule has 2 aromatic rings. The fourth-order valence-electron chi connectivity index (χ4n) is 1.50. The zero-order valence-electron chi connectivity index (χ0n) is 9.02. The summed E-state index contributed by atoms with van der Waals surface area (Å²) in [6.45, 7) is 1.84. The molecule has 0 aliphatic heterocycles. The maximum atomic E-state index is 10.0. The summed E-state index contributed by atoms with van der Waals surface area (Å²) in [5.41, 5.74) is 7.51. The van der Waals surface area contributed by atoms with E-state index in [1.807, 2.05) is 25.3 Å². The highest BCUT2D eigenvalue weighted by Crippen LogP contribution is 2.39. The number of hydrogen-bond acceptors (Lipinski definition) is 5. The van der Waals surface area contributed by atoms with E-state index < -0.39 is 0 Å². The van der Waals surface area contributed by atoms with Gasteiger partial charge in [0.2, 0.25) is 5.88 Å². The summed E-state index contributed by atoms with van der Waals surface area (Å²) in [5.74, 6) is 0.461. The van der Waals surface area contributed by atoms with Crippen LogP contribution >= 0.6 is 11.8 Å². The third-order valence-corrected chi connectivity index (χ3v) is 3.13. The van der Waals surface area contributed by atoms with Crippen molar-refractivity contribution >= 4 is 17.6 Å². The lowest BCUT2D eigenvalue weighted by molar-refractivity contribution is 0.436. The van der Waals surface area contributed by atoms with Gasteiger partial charge in [-0.25, -0.2) is 0 Å². The Kier molecular flexibility index (Phi) is 2.78. The van der Waals surface area contributed by atoms with Crippen LogP contribution in [0.25, 0.3) is 11.3 Å². The lowest BCUT2D eigenvalue weighted by Gasteiger charge is -2.08. The van der Waals surface area contributed by atoms with Crippen molar-refractivity contribution in [3.8, 4) is 17.0 Å². The van der Waals surface area contributed by atoms with E-state index in [1.165, 1.54) is 11.8 Å². The molecule has 1 heterocycles. The second kappa shape index (κ2) is 4.09. The highest BCUT2D eigenvalue weighted by atomic mass is 32.2. The van der Waals surface area contributed by atoms with Crippen LogP contribution in [-0.4, -0.2) is 16.5 Å². The van der Waals surface area contributed by atoms with E-state index in [0.717, 1.165) is 10.5 Å². The first-order valence-corrected chi connectivity index (χ1v) is 5.95. The highest BCUT2D eigenvalue weighted by molar-refractivity contribution is 7.98. The smallest absolute Gasteiger partial charge is 0.222 e.